The summed E-state index contributed by atoms with van der Waals surface area (Å²) in [6.45, 7) is 4.25. The molecule has 0 N–H and O–H groups in total. The van der Waals surface area contributed by atoms with Gasteiger partial charge in [-0.05, 0) is 12.5 Å². The van der Waals surface area contributed by atoms with Crippen molar-refractivity contribution in [1.29, 1.82) is 0 Å². The van der Waals surface area contributed by atoms with Gasteiger partial charge in [0.25, 0.3) is 0 Å². The Labute approximate surface area is 163 Å². The number of likely N-dealkylation sites (tertiary alicyclic amines) is 1. The van der Waals surface area contributed by atoms with Crippen molar-refractivity contribution in [2.75, 3.05) is 13.2 Å². The molecule has 0 bridgehead atoms. The first-order valence-electron chi connectivity index (χ1n) is 8.85. The van der Waals surface area contributed by atoms with E-state index < -0.39 is 0 Å². The lowest BCUT2D eigenvalue weighted by atomic mass is 10.1. The second-order valence-electron chi connectivity index (χ2n) is 6.45. The summed E-state index contributed by atoms with van der Waals surface area (Å²) >= 11 is 1.29. The Morgan fingerprint density at radius 2 is 2.11 bits per heavy atom. The highest BCUT2D eigenvalue weighted by Crippen LogP contribution is 2.32. The van der Waals surface area contributed by atoms with Crippen LogP contribution in [0.1, 0.15) is 22.5 Å². The number of benzene rings is 1. The molecule has 1 aliphatic rings. The molecule has 0 radical (unpaired) electrons. The molecular weight excluding hydrogens is 362 g/mol. The molecule has 1 aliphatic heterocycles. The number of carbonyl (C=O) groups excluding carboxylic acids is 2. The average molecular weight is 385 g/mol. The Hall–Kier alpha value is -2.54. The molecule has 27 heavy (non-hydrogen) atoms. The highest BCUT2D eigenvalue weighted by Gasteiger charge is 2.38. The van der Waals surface area contributed by atoms with Gasteiger partial charge in [0, 0.05) is 48.8 Å². The van der Waals surface area contributed by atoms with Crippen molar-refractivity contribution in [3.63, 3.8) is 0 Å². The molecule has 1 aromatic carbocycles. The van der Waals surface area contributed by atoms with Gasteiger partial charge in [0.1, 0.15) is 6.61 Å². The van der Waals surface area contributed by atoms with E-state index in [-0.39, 0.29) is 29.1 Å². The lowest BCUT2D eigenvalue weighted by Crippen LogP contribution is -2.38. The smallest absolute Gasteiger partial charge is 0.410 e. The van der Waals surface area contributed by atoms with Crippen LogP contribution in [0, 0.1) is 0 Å². The molecule has 1 aromatic heterocycles. The van der Waals surface area contributed by atoms with Crippen molar-refractivity contribution < 1.29 is 14.3 Å². The zero-order valence-corrected chi connectivity index (χ0v) is 16.1. The lowest BCUT2D eigenvalue weighted by Gasteiger charge is -2.23. The molecule has 0 unspecified atom stereocenters. The third kappa shape index (κ3) is 4.80. The van der Waals surface area contributed by atoms with E-state index in [1.165, 1.54) is 11.8 Å². The molecule has 6 nitrogen and oxygen atoms in total. The SMILES string of the molecule is C=CCOC(=O)N1C[C@@H](SC(=O)c2ccccc2)C[C@H]1Cc1ccnn1C. The van der Waals surface area contributed by atoms with Crippen molar-refractivity contribution in [2.24, 2.45) is 7.05 Å². The van der Waals surface area contributed by atoms with Gasteiger partial charge in [0.2, 0.25) is 5.12 Å². The molecule has 3 rings (SSSR count). The van der Waals surface area contributed by atoms with Crippen LogP contribution in [0.5, 0.6) is 0 Å². The van der Waals surface area contributed by atoms with Gasteiger partial charge in [-0.1, -0.05) is 54.7 Å². The van der Waals surface area contributed by atoms with E-state index in [0.717, 1.165) is 12.1 Å². The Kier molecular flexibility index (Phi) is 6.34. The average Bonchev–Trinajstić information content (AvgIpc) is 3.27. The fourth-order valence-corrected chi connectivity index (χ4v) is 4.35. The van der Waals surface area contributed by atoms with E-state index in [1.54, 1.807) is 17.2 Å². The topological polar surface area (TPSA) is 64.4 Å². The van der Waals surface area contributed by atoms with E-state index in [1.807, 2.05) is 48.1 Å². The molecular formula is C20H23N3O3S. The summed E-state index contributed by atoms with van der Waals surface area (Å²) in [5, 5.41) is 4.26. The van der Waals surface area contributed by atoms with Crippen molar-refractivity contribution in [2.45, 2.75) is 24.1 Å². The van der Waals surface area contributed by atoms with Gasteiger partial charge in [-0.2, -0.15) is 5.10 Å². The quantitative estimate of drug-likeness (QED) is 0.714. The molecule has 2 atom stereocenters. The predicted octanol–water partition coefficient (Wildman–Crippen LogP) is 3.30. The molecule has 7 heteroatoms. The molecule has 1 saturated heterocycles. The Morgan fingerprint density at radius 3 is 2.78 bits per heavy atom. The van der Waals surface area contributed by atoms with Crippen LogP contribution in [0.3, 0.4) is 0 Å². The number of rotatable bonds is 6. The minimum atomic E-state index is -0.364. The number of carbonyl (C=O) groups is 2. The molecule has 2 heterocycles. The van der Waals surface area contributed by atoms with E-state index in [4.69, 9.17) is 4.74 Å². The standard InChI is InChI=1S/C20H23N3O3S/c1-3-11-26-20(25)23-14-18(27-19(24)15-7-5-4-6-8-15)13-17(23)12-16-9-10-21-22(16)2/h3-10,17-18H,1,11-14H2,2H3/t17-,18+/m1/s1. The highest BCUT2D eigenvalue weighted by molar-refractivity contribution is 8.14. The van der Waals surface area contributed by atoms with Crippen LogP contribution < -0.4 is 0 Å². The molecule has 1 amide bonds. The van der Waals surface area contributed by atoms with Crippen LogP contribution in [-0.4, -0.2) is 50.3 Å². The van der Waals surface area contributed by atoms with Gasteiger partial charge in [0.05, 0.1) is 0 Å². The third-order valence-corrected chi connectivity index (χ3v) is 5.71. The number of amides is 1. The van der Waals surface area contributed by atoms with Crippen molar-refractivity contribution >= 4 is 23.0 Å². The molecule has 1 fully saturated rings. The second kappa shape index (κ2) is 8.90. The van der Waals surface area contributed by atoms with E-state index in [0.29, 0.717) is 18.5 Å². The number of aromatic nitrogens is 2. The summed E-state index contributed by atoms with van der Waals surface area (Å²) in [6.07, 6.45) is 4.34. The summed E-state index contributed by atoms with van der Waals surface area (Å²) in [4.78, 5) is 26.7. The van der Waals surface area contributed by atoms with Crippen molar-refractivity contribution in [1.82, 2.24) is 14.7 Å². The van der Waals surface area contributed by atoms with Crippen LogP contribution in [0.15, 0.2) is 55.3 Å². The zero-order chi connectivity index (χ0) is 19.2. The van der Waals surface area contributed by atoms with Crippen LogP contribution in [0.25, 0.3) is 0 Å². The maximum absolute atomic E-state index is 12.5. The summed E-state index contributed by atoms with van der Waals surface area (Å²) in [5.41, 5.74) is 1.72. The summed E-state index contributed by atoms with van der Waals surface area (Å²) in [7, 11) is 1.88. The Bertz CT molecular complexity index is 806. The predicted molar refractivity (Wildman–Crippen MR) is 106 cm³/mol. The van der Waals surface area contributed by atoms with Gasteiger partial charge in [-0.25, -0.2) is 4.79 Å². The first-order chi connectivity index (χ1) is 13.1. The normalized spacial score (nSPS) is 19.1. The van der Waals surface area contributed by atoms with Crippen LogP contribution in [0.4, 0.5) is 4.79 Å². The molecule has 0 saturated carbocycles. The van der Waals surface area contributed by atoms with Gasteiger partial charge in [0.15, 0.2) is 0 Å². The van der Waals surface area contributed by atoms with Gasteiger partial charge in [-0.15, -0.1) is 0 Å². The molecule has 142 valence electrons. The highest BCUT2D eigenvalue weighted by atomic mass is 32.2. The lowest BCUT2D eigenvalue weighted by molar-refractivity contribution is 0.106. The number of hydrogen-bond acceptors (Lipinski definition) is 5. The number of hydrogen-bond donors (Lipinski definition) is 0. The first-order valence-corrected chi connectivity index (χ1v) is 9.73. The van der Waals surface area contributed by atoms with Gasteiger partial charge in [-0.3, -0.25) is 9.48 Å². The Morgan fingerprint density at radius 1 is 1.33 bits per heavy atom. The number of ether oxygens (including phenoxy) is 1. The fraction of sp³-hybridized carbons (Fsp3) is 0.350. The maximum Gasteiger partial charge on any atom is 0.410 e. The van der Waals surface area contributed by atoms with Gasteiger partial charge < -0.3 is 9.64 Å². The van der Waals surface area contributed by atoms with Crippen LogP contribution in [0.2, 0.25) is 0 Å². The van der Waals surface area contributed by atoms with E-state index in [2.05, 4.69) is 11.7 Å². The zero-order valence-electron chi connectivity index (χ0n) is 15.3. The summed E-state index contributed by atoms with van der Waals surface area (Å²) < 4.78 is 7.05. The molecule has 2 aromatic rings. The van der Waals surface area contributed by atoms with Crippen LogP contribution >= 0.6 is 11.8 Å². The largest absolute Gasteiger partial charge is 0.445 e. The number of thioether (sulfide) groups is 1. The number of nitrogens with zero attached hydrogens (tertiary/aromatic N) is 3. The minimum Gasteiger partial charge on any atom is -0.445 e. The van der Waals surface area contributed by atoms with Crippen LogP contribution in [-0.2, 0) is 18.2 Å². The van der Waals surface area contributed by atoms with Crippen molar-refractivity contribution in [3.05, 3.63) is 66.5 Å². The minimum absolute atomic E-state index is 0.0289. The fourth-order valence-electron chi connectivity index (χ4n) is 3.23. The summed E-state index contributed by atoms with van der Waals surface area (Å²) in [6, 6.07) is 11.1. The van der Waals surface area contributed by atoms with E-state index in [9.17, 15) is 9.59 Å². The maximum atomic E-state index is 12.5. The van der Waals surface area contributed by atoms with Gasteiger partial charge >= 0.3 is 6.09 Å². The van der Waals surface area contributed by atoms with Crippen molar-refractivity contribution in [3.8, 4) is 0 Å². The second-order valence-corrected chi connectivity index (χ2v) is 7.72. The monoisotopic (exact) mass is 385 g/mol. The van der Waals surface area contributed by atoms with E-state index >= 15 is 0 Å². The Balaban J connectivity index is 1.70. The third-order valence-electron chi connectivity index (χ3n) is 4.59. The molecule has 0 spiro atoms. The number of aryl methyl sites for hydroxylation is 1. The molecule has 0 aliphatic carbocycles. The first kappa shape index (κ1) is 19.2. The summed E-state index contributed by atoms with van der Waals surface area (Å²) in [5.74, 6) is 0.